The molecule has 10 heteroatoms. The number of methoxy groups -OCH3 is 1. The summed E-state index contributed by atoms with van der Waals surface area (Å²) in [5.74, 6) is -0.150. The lowest BCUT2D eigenvalue weighted by Gasteiger charge is -2.26. The van der Waals surface area contributed by atoms with Gasteiger partial charge in [-0.15, -0.1) is 5.10 Å². The number of rotatable bonds is 9. The lowest BCUT2D eigenvalue weighted by molar-refractivity contribution is 0.0378. The van der Waals surface area contributed by atoms with Crippen LogP contribution >= 0.6 is 0 Å². The van der Waals surface area contributed by atoms with Crippen molar-refractivity contribution in [2.75, 3.05) is 57.1 Å². The van der Waals surface area contributed by atoms with E-state index in [2.05, 4.69) is 25.7 Å². The highest BCUT2D eigenvalue weighted by Crippen LogP contribution is 2.32. The van der Waals surface area contributed by atoms with Gasteiger partial charge in [-0.1, -0.05) is 11.2 Å². The molecule has 3 aromatic rings. The normalized spacial score (nSPS) is 14.1. The molecule has 1 fully saturated rings. The molecular formula is C23H26FN5O4. The summed E-state index contributed by atoms with van der Waals surface area (Å²) < 4.78 is 29.9. The lowest BCUT2D eigenvalue weighted by Crippen LogP contribution is -2.37. The molecule has 1 amide bonds. The Morgan fingerprint density at radius 3 is 2.82 bits per heavy atom. The fourth-order valence-corrected chi connectivity index (χ4v) is 3.50. The van der Waals surface area contributed by atoms with Gasteiger partial charge in [-0.2, -0.15) is 0 Å². The Bertz CT molecular complexity index is 1080. The lowest BCUT2D eigenvalue weighted by atomic mass is 10.1. The Hall–Kier alpha value is -3.50. The number of ether oxygens (including phenoxy) is 2. The van der Waals surface area contributed by atoms with Gasteiger partial charge in [-0.3, -0.25) is 9.69 Å². The van der Waals surface area contributed by atoms with Gasteiger partial charge in [-0.05, 0) is 43.3 Å². The zero-order chi connectivity index (χ0) is 23.0. The minimum atomic E-state index is -0.475. The van der Waals surface area contributed by atoms with Crippen molar-refractivity contribution in [3.05, 3.63) is 53.8 Å². The first kappa shape index (κ1) is 22.7. The van der Waals surface area contributed by atoms with Crippen LogP contribution in [0.25, 0.3) is 11.5 Å². The molecule has 0 bridgehead atoms. The number of amides is 1. The molecule has 0 radical (unpaired) electrons. The largest absolute Gasteiger partial charge is 0.496 e. The number of carbonyl (C=O) groups excluding carboxylic acids is 1. The molecule has 0 saturated carbocycles. The van der Waals surface area contributed by atoms with Crippen LogP contribution in [-0.4, -0.2) is 67.5 Å². The van der Waals surface area contributed by atoms with Crippen molar-refractivity contribution in [3.8, 4) is 17.2 Å². The van der Waals surface area contributed by atoms with Crippen LogP contribution in [0.3, 0.4) is 0 Å². The average molecular weight is 455 g/mol. The number of nitrogens with one attached hydrogen (secondary N) is 2. The number of morpholine rings is 1. The van der Waals surface area contributed by atoms with Crippen LogP contribution in [0, 0.1) is 5.82 Å². The van der Waals surface area contributed by atoms with Crippen molar-refractivity contribution in [1.82, 2.24) is 15.1 Å². The van der Waals surface area contributed by atoms with Gasteiger partial charge < -0.3 is 24.5 Å². The van der Waals surface area contributed by atoms with Crippen LogP contribution in [-0.2, 0) is 4.74 Å². The molecule has 0 spiro atoms. The maximum atomic E-state index is 13.4. The van der Waals surface area contributed by atoms with Crippen LogP contribution in [0.15, 0.2) is 46.9 Å². The maximum Gasteiger partial charge on any atom is 0.315 e. The molecule has 33 heavy (non-hydrogen) atoms. The van der Waals surface area contributed by atoms with E-state index in [0.717, 1.165) is 39.3 Å². The number of hydrogen-bond donors (Lipinski definition) is 2. The average Bonchev–Trinajstić information content (AvgIpc) is 3.31. The summed E-state index contributed by atoms with van der Waals surface area (Å²) in [5.41, 5.74) is 1.31. The van der Waals surface area contributed by atoms with Crippen LogP contribution in [0.1, 0.15) is 16.8 Å². The Morgan fingerprint density at radius 1 is 1.18 bits per heavy atom. The smallest absolute Gasteiger partial charge is 0.315 e. The van der Waals surface area contributed by atoms with Gasteiger partial charge in [-0.25, -0.2) is 4.39 Å². The van der Waals surface area contributed by atoms with Crippen molar-refractivity contribution in [2.45, 2.75) is 6.42 Å². The molecule has 1 aliphatic heterocycles. The molecule has 1 aromatic heterocycles. The van der Waals surface area contributed by atoms with Crippen LogP contribution < -0.4 is 15.4 Å². The molecule has 1 saturated heterocycles. The summed E-state index contributed by atoms with van der Waals surface area (Å²) >= 11 is 0. The molecule has 4 rings (SSSR count). The fourth-order valence-electron chi connectivity index (χ4n) is 3.50. The van der Waals surface area contributed by atoms with Gasteiger partial charge in [0.2, 0.25) is 0 Å². The first-order chi connectivity index (χ1) is 16.1. The summed E-state index contributed by atoms with van der Waals surface area (Å²) in [6.07, 6.45) is 0.945. The predicted octanol–water partition coefficient (Wildman–Crippen LogP) is 3.27. The topological polar surface area (TPSA) is 102 Å². The SMILES string of the molecule is COc1cc(NC(=O)c2cccc(F)c2)ccc1-c1nnc(NCCCN2CCOCC2)o1. The monoisotopic (exact) mass is 455 g/mol. The molecule has 2 N–H and O–H groups in total. The Morgan fingerprint density at radius 2 is 2.03 bits per heavy atom. The first-order valence-corrected chi connectivity index (χ1v) is 10.7. The van der Waals surface area contributed by atoms with Crippen molar-refractivity contribution in [2.24, 2.45) is 0 Å². The molecule has 1 aliphatic rings. The Labute approximate surface area is 190 Å². The summed E-state index contributed by atoms with van der Waals surface area (Å²) in [7, 11) is 1.51. The molecular weight excluding hydrogens is 429 g/mol. The number of carbonyl (C=O) groups is 1. The second kappa shape index (κ2) is 10.9. The third-order valence-corrected chi connectivity index (χ3v) is 5.23. The van der Waals surface area contributed by atoms with E-state index in [4.69, 9.17) is 13.9 Å². The van der Waals surface area contributed by atoms with E-state index in [-0.39, 0.29) is 5.56 Å². The zero-order valence-electron chi connectivity index (χ0n) is 18.3. The maximum absolute atomic E-state index is 13.4. The number of aromatic nitrogens is 2. The molecule has 2 heterocycles. The number of hydrogen-bond acceptors (Lipinski definition) is 8. The van der Waals surface area contributed by atoms with Gasteiger partial charge in [0.15, 0.2) is 0 Å². The highest BCUT2D eigenvalue weighted by Gasteiger charge is 2.16. The van der Waals surface area contributed by atoms with Gasteiger partial charge in [0.25, 0.3) is 11.8 Å². The number of anilines is 2. The highest BCUT2D eigenvalue weighted by molar-refractivity contribution is 6.04. The van der Waals surface area contributed by atoms with E-state index in [1.54, 1.807) is 18.2 Å². The first-order valence-electron chi connectivity index (χ1n) is 10.7. The minimum absolute atomic E-state index is 0.222. The van der Waals surface area contributed by atoms with Gasteiger partial charge >= 0.3 is 6.01 Å². The van der Waals surface area contributed by atoms with E-state index in [9.17, 15) is 9.18 Å². The number of halogens is 1. The number of benzene rings is 2. The van der Waals surface area contributed by atoms with Gasteiger partial charge in [0.05, 0.1) is 25.9 Å². The highest BCUT2D eigenvalue weighted by atomic mass is 19.1. The third kappa shape index (κ3) is 6.05. The van der Waals surface area contributed by atoms with Crippen LogP contribution in [0.4, 0.5) is 16.1 Å². The van der Waals surface area contributed by atoms with Crippen molar-refractivity contribution < 1.29 is 23.1 Å². The van der Waals surface area contributed by atoms with E-state index in [0.29, 0.717) is 35.5 Å². The van der Waals surface area contributed by atoms with Crippen molar-refractivity contribution >= 4 is 17.6 Å². The summed E-state index contributed by atoms with van der Waals surface area (Å²) in [6.45, 7) is 5.19. The van der Waals surface area contributed by atoms with E-state index < -0.39 is 11.7 Å². The predicted molar refractivity (Wildman–Crippen MR) is 121 cm³/mol. The number of nitrogens with zero attached hydrogens (tertiary/aromatic N) is 3. The van der Waals surface area contributed by atoms with Gasteiger partial charge in [0, 0.05) is 37.0 Å². The fraction of sp³-hybridized carbons (Fsp3) is 0.348. The van der Waals surface area contributed by atoms with E-state index in [1.165, 1.54) is 31.4 Å². The molecule has 174 valence electrons. The molecule has 0 aliphatic carbocycles. The van der Waals surface area contributed by atoms with E-state index in [1.807, 2.05) is 0 Å². The Balaban J connectivity index is 1.35. The van der Waals surface area contributed by atoms with E-state index >= 15 is 0 Å². The standard InChI is InChI=1S/C23H26FN5O4/c1-31-20-15-18(26-21(30)16-4-2-5-17(24)14-16)6-7-19(20)22-27-28-23(33-22)25-8-3-9-29-10-12-32-13-11-29/h2,4-7,14-15H,3,8-13H2,1H3,(H,25,28)(H,26,30). The summed E-state index contributed by atoms with van der Waals surface area (Å²) in [5, 5.41) is 14.0. The quantitative estimate of drug-likeness (QED) is 0.474. The van der Waals surface area contributed by atoms with Crippen molar-refractivity contribution in [3.63, 3.8) is 0 Å². The second-order valence-electron chi connectivity index (χ2n) is 7.53. The summed E-state index contributed by atoms with van der Waals surface area (Å²) in [4.78, 5) is 14.7. The van der Waals surface area contributed by atoms with Crippen LogP contribution in [0.5, 0.6) is 5.75 Å². The van der Waals surface area contributed by atoms with Gasteiger partial charge in [0.1, 0.15) is 11.6 Å². The molecule has 0 atom stereocenters. The zero-order valence-corrected chi connectivity index (χ0v) is 18.3. The summed E-state index contributed by atoms with van der Waals surface area (Å²) in [6, 6.07) is 10.9. The van der Waals surface area contributed by atoms with Crippen LogP contribution in [0.2, 0.25) is 0 Å². The third-order valence-electron chi connectivity index (χ3n) is 5.23. The second-order valence-corrected chi connectivity index (χ2v) is 7.53. The minimum Gasteiger partial charge on any atom is -0.496 e. The molecule has 2 aromatic carbocycles. The molecule has 0 unspecified atom stereocenters. The molecule has 9 nitrogen and oxygen atoms in total. The Kier molecular flexibility index (Phi) is 7.48. The van der Waals surface area contributed by atoms with Crippen molar-refractivity contribution in [1.29, 1.82) is 0 Å².